The maximum Gasteiger partial charge on any atom is 0.416 e. The van der Waals surface area contributed by atoms with E-state index in [0.29, 0.717) is 24.1 Å². The van der Waals surface area contributed by atoms with Crippen LogP contribution in [-0.2, 0) is 12.7 Å². The van der Waals surface area contributed by atoms with E-state index in [9.17, 15) is 18.0 Å². The van der Waals surface area contributed by atoms with Crippen LogP contribution >= 0.6 is 11.6 Å². The van der Waals surface area contributed by atoms with Gasteiger partial charge in [-0.1, -0.05) is 60.1 Å². The number of benzene rings is 3. The number of amides is 1. The fraction of sp³-hybridized carbons (Fsp3) is 0.367. The van der Waals surface area contributed by atoms with Gasteiger partial charge >= 0.3 is 12.3 Å². The average molecular weight is 560 g/mol. The molecule has 1 N–H and O–H groups in total. The molecule has 0 unspecified atom stereocenters. The Kier molecular flexibility index (Phi) is 9.40. The van der Waals surface area contributed by atoms with E-state index in [1.54, 1.807) is 13.1 Å². The molecule has 2 aliphatic rings. The van der Waals surface area contributed by atoms with Gasteiger partial charge in [-0.25, -0.2) is 4.79 Å². The molecule has 1 heterocycles. The second-order valence-electron chi connectivity index (χ2n) is 10.1. The summed E-state index contributed by atoms with van der Waals surface area (Å²) in [6.07, 6.45) is -3.99. The molecule has 1 amide bonds. The summed E-state index contributed by atoms with van der Waals surface area (Å²) in [6.45, 7) is 4.80. The maximum absolute atomic E-state index is 12.9. The van der Waals surface area contributed by atoms with Crippen LogP contribution < -0.4 is 4.90 Å². The average Bonchev–Trinajstić information content (AvgIpc) is 3.69. The molecule has 208 valence electrons. The fourth-order valence-corrected chi connectivity index (χ4v) is 5.02. The molecule has 9 heteroatoms. The largest absolute Gasteiger partial charge is 0.465 e. The molecule has 5 nitrogen and oxygen atoms in total. The van der Waals surface area contributed by atoms with Crippen molar-refractivity contribution in [1.82, 2.24) is 9.80 Å². The Balaban J connectivity index is 0.000000247. The molecule has 1 aliphatic heterocycles. The summed E-state index contributed by atoms with van der Waals surface area (Å²) in [5.41, 5.74) is 2.44. The number of hydrogen-bond donors (Lipinski definition) is 1. The minimum atomic E-state index is -4.29. The summed E-state index contributed by atoms with van der Waals surface area (Å²) in [7, 11) is 1.55. The number of alkyl halides is 3. The highest BCUT2D eigenvalue weighted by Crippen LogP contribution is 2.48. The van der Waals surface area contributed by atoms with Crippen molar-refractivity contribution in [2.24, 2.45) is 5.92 Å². The van der Waals surface area contributed by atoms with Crippen LogP contribution in [-0.4, -0.2) is 60.8 Å². The molecule has 39 heavy (non-hydrogen) atoms. The van der Waals surface area contributed by atoms with Crippen LogP contribution in [0.25, 0.3) is 0 Å². The summed E-state index contributed by atoms with van der Waals surface area (Å²) >= 11 is 5.95. The molecule has 5 rings (SSSR count). The van der Waals surface area contributed by atoms with Crippen molar-refractivity contribution in [3.05, 3.63) is 101 Å². The van der Waals surface area contributed by atoms with Gasteiger partial charge in [-0.15, -0.1) is 0 Å². The van der Waals surface area contributed by atoms with Crippen molar-refractivity contribution in [2.75, 3.05) is 44.7 Å². The lowest BCUT2D eigenvalue weighted by Gasteiger charge is -2.36. The quantitative estimate of drug-likeness (QED) is 0.350. The van der Waals surface area contributed by atoms with Gasteiger partial charge < -0.3 is 14.9 Å². The Morgan fingerprint density at radius 3 is 2.26 bits per heavy atom. The maximum atomic E-state index is 12.9. The van der Waals surface area contributed by atoms with Gasteiger partial charge in [0.15, 0.2) is 0 Å². The van der Waals surface area contributed by atoms with E-state index in [-0.39, 0.29) is 0 Å². The van der Waals surface area contributed by atoms with Crippen molar-refractivity contribution in [3.63, 3.8) is 0 Å². The first-order valence-electron chi connectivity index (χ1n) is 13.0. The van der Waals surface area contributed by atoms with Crippen LogP contribution in [0.4, 0.5) is 23.7 Å². The van der Waals surface area contributed by atoms with Crippen molar-refractivity contribution in [1.29, 1.82) is 0 Å². The molecule has 2 fully saturated rings. The number of piperazine rings is 1. The predicted molar refractivity (Wildman–Crippen MR) is 148 cm³/mol. The summed E-state index contributed by atoms with van der Waals surface area (Å²) in [5, 5.41) is 9.33. The molecular weight excluding hydrogens is 527 g/mol. The van der Waals surface area contributed by atoms with Gasteiger partial charge in [0.05, 0.1) is 5.56 Å². The smallest absolute Gasteiger partial charge is 0.416 e. The third kappa shape index (κ3) is 8.38. The summed E-state index contributed by atoms with van der Waals surface area (Å²) in [4.78, 5) is 16.2. The Morgan fingerprint density at radius 2 is 1.64 bits per heavy atom. The Labute approximate surface area is 232 Å². The number of carbonyl (C=O) groups is 1. The number of carboxylic acid groups (broad SMARTS) is 1. The van der Waals surface area contributed by atoms with E-state index < -0.39 is 17.8 Å². The first kappa shape index (κ1) is 28.8. The molecule has 0 bridgehead atoms. The van der Waals surface area contributed by atoms with Gasteiger partial charge in [0.2, 0.25) is 0 Å². The summed E-state index contributed by atoms with van der Waals surface area (Å²) < 4.78 is 38.7. The second kappa shape index (κ2) is 12.7. The zero-order valence-electron chi connectivity index (χ0n) is 21.8. The molecule has 0 radical (unpaired) electrons. The zero-order valence-corrected chi connectivity index (χ0v) is 22.6. The molecule has 0 aromatic heterocycles. The Hall–Kier alpha value is -3.23. The van der Waals surface area contributed by atoms with Crippen molar-refractivity contribution in [3.8, 4) is 0 Å². The van der Waals surface area contributed by atoms with E-state index in [0.717, 1.165) is 49.4 Å². The number of nitrogens with zero attached hydrogens (tertiary/aromatic N) is 3. The predicted octanol–water partition coefficient (Wildman–Crippen LogP) is 7.08. The summed E-state index contributed by atoms with van der Waals surface area (Å²) in [5.74, 6) is 1.29. The number of rotatable bonds is 6. The lowest BCUT2D eigenvalue weighted by molar-refractivity contribution is -0.137. The molecule has 1 saturated carbocycles. The van der Waals surface area contributed by atoms with Crippen molar-refractivity contribution >= 4 is 23.4 Å². The van der Waals surface area contributed by atoms with Crippen LogP contribution in [0.2, 0.25) is 5.02 Å². The zero-order chi connectivity index (χ0) is 28.0. The minimum absolute atomic E-state index is 0.441. The van der Waals surface area contributed by atoms with Crippen molar-refractivity contribution < 1.29 is 23.1 Å². The van der Waals surface area contributed by atoms with Crippen LogP contribution in [0.5, 0.6) is 0 Å². The van der Waals surface area contributed by atoms with Crippen LogP contribution in [0.3, 0.4) is 0 Å². The highest BCUT2D eigenvalue weighted by Gasteiger charge is 2.39. The van der Waals surface area contributed by atoms with E-state index in [1.807, 2.05) is 42.5 Å². The summed E-state index contributed by atoms with van der Waals surface area (Å²) in [6, 6.07) is 23.3. The van der Waals surface area contributed by atoms with Gasteiger partial charge in [0.1, 0.15) is 0 Å². The third-order valence-corrected chi connectivity index (χ3v) is 7.47. The van der Waals surface area contributed by atoms with Gasteiger partial charge in [-0.3, -0.25) is 4.90 Å². The van der Waals surface area contributed by atoms with Crippen LogP contribution in [0.1, 0.15) is 29.0 Å². The van der Waals surface area contributed by atoms with E-state index in [1.165, 1.54) is 29.0 Å². The molecule has 3 aromatic carbocycles. The topological polar surface area (TPSA) is 47.0 Å². The number of halogens is 4. The van der Waals surface area contributed by atoms with E-state index >= 15 is 0 Å². The van der Waals surface area contributed by atoms with Gasteiger partial charge in [0.25, 0.3) is 0 Å². The van der Waals surface area contributed by atoms with Gasteiger partial charge in [0, 0.05) is 57.0 Å². The minimum Gasteiger partial charge on any atom is -0.465 e. The fourth-order valence-electron chi connectivity index (χ4n) is 4.89. The highest BCUT2D eigenvalue weighted by atomic mass is 35.5. The third-order valence-electron chi connectivity index (χ3n) is 7.21. The first-order chi connectivity index (χ1) is 18.6. The highest BCUT2D eigenvalue weighted by molar-refractivity contribution is 6.30. The number of hydrogen-bond acceptors (Lipinski definition) is 3. The van der Waals surface area contributed by atoms with Crippen LogP contribution in [0.15, 0.2) is 78.9 Å². The normalized spacial score (nSPS) is 19.2. The Morgan fingerprint density at radius 1 is 0.974 bits per heavy atom. The van der Waals surface area contributed by atoms with Gasteiger partial charge in [-0.2, -0.15) is 13.2 Å². The van der Waals surface area contributed by atoms with Gasteiger partial charge in [-0.05, 0) is 59.7 Å². The van der Waals surface area contributed by atoms with E-state index in [2.05, 4.69) is 21.9 Å². The molecule has 1 aliphatic carbocycles. The lowest BCUT2D eigenvalue weighted by Crippen LogP contribution is -2.47. The SMILES string of the molecule is CN(Cc1ccccc1)C(=O)O.FC(F)(F)c1cccc(N2CCN(C[C@@H]3C[C@@H]3c3ccc(Cl)cc3)CC2)c1. The standard InChI is InChI=1S/C21H22ClF3N2.C9H11NO2/c22-18-6-4-15(5-7-18)20-12-16(20)14-26-8-10-27(11-9-26)19-3-1-2-17(13-19)21(23,24)25;1-10(9(11)12)7-8-5-3-2-4-6-8/h1-7,13,16,20H,8-12,14H2;2-6H,7H2,1H3,(H,11,12)/t16-,20+;/m0./s1. The van der Waals surface area contributed by atoms with Crippen LogP contribution in [0, 0.1) is 5.92 Å². The second-order valence-corrected chi connectivity index (χ2v) is 10.6. The first-order valence-corrected chi connectivity index (χ1v) is 13.4. The molecule has 2 atom stereocenters. The Bertz CT molecular complexity index is 1220. The monoisotopic (exact) mass is 559 g/mol. The van der Waals surface area contributed by atoms with E-state index in [4.69, 9.17) is 16.7 Å². The molecule has 1 saturated heterocycles. The molecule has 0 spiro atoms. The molecule has 3 aromatic rings. The lowest BCUT2D eigenvalue weighted by atomic mass is 10.1. The number of anilines is 1. The molecular formula is C30H33ClF3N3O2. The van der Waals surface area contributed by atoms with Crippen molar-refractivity contribution in [2.45, 2.75) is 25.1 Å².